The van der Waals surface area contributed by atoms with Gasteiger partial charge in [-0.2, -0.15) is 0 Å². The number of hydrogen-bond donors (Lipinski definition) is 1. The highest BCUT2D eigenvalue weighted by atomic mass is 19.1. The Hall–Kier alpha value is -1.95. The molecular formula is C16H22FN3O2. The van der Waals surface area contributed by atoms with Crippen molar-refractivity contribution in [2.24, 2.45) is 5.16 Å². The monoisotopic (exact) mass is 307 g/mol. The summed E-state index contributed by atoms with van der Waals surface area (Å²) in [4.78, 5) is 19.5. The fraction of sp³-hybridized carbons (Fsp3) is 0.500. The van der Waals surface area contributed by atoms with Crippen LogP contribution in [0.15, 0.2) is 29.4 Å². The van der Waals surface area contributed by atoms with Crippen LogP contribution >= 0.6 is 0 Å². The molecule has 1 N–H and O–H groups in total. The third-order valence-electron chi connectivity index (χ3n) is 3.76. The highest BCUT2D eigenvalue weighted by Crippen LogP contribution is 2.17. The maximum atomic E-state index is 12.9. The van der Waals surface area contributed by atoms with Crippen LogP contribution in [0.3, 0.4) is 0 Å². The van der Waals surface area contributed by atoms with E-state index in [1.165, 1.54) is 12.1 Å². The van der Waals surface area contributed by atoms with Gasteiger partial charge in [0.1, 0.15) is 5.82 Å². The molecule has 1 unspecified atom stereocenters. The molecule has 0 saturated carbocycles. The molecule has 0 saturated heterocycles. The van der Waals surface area contributed by atoms with E-state index in [0.29, 0.717) is 18.7 Å². The van der Waals surface area contributed by atoms with Crippen molar-refractivity contribution in [1.82, 2.24) is 10.2 Å². The minimum Gasteiger partial charge on any atom is -0.382 e. The number of amides is 1. The van der Waals surface area contributed by atoms with Gasteiger partial charge in [0.05, 0.1) is 5.71 Å². The number of nitrogens with zero attached hydrogens (tertiary/aromatic N) is 2. The first-order valence-electron chi connectivity index (χ1n) is 7.62. The van der Waals surface area contributed by atoms with Gasteiger partial charge in [-0.25, -0.2) is 4.39 Å². The van der Waals surface area contributed by atoms with Gasteiger partial charge in [-0.1, -0.05) is 31.1 Å². The van der Waals surface area contributed by atoms with Crippen molar-refractivity contribution in [1.29, 1.82) is 0 Å². The molecule has 0 spiro atoms. The zero-order valence-electron chi connectivity index (χ0n) is 13.0. The second kappa shape index (κ2) is 7.89. The van der Waals surface area contributed by atoms with Crippen molar-refractivity contribution >= 4 is 11.6 Å². The Bertz CT molecular complexity index is 527. The van der Waals surface area contributed by atoms with Crippen molar-refractivity contribution in [3.63, 3.8) is 0 Å². The molecule has 120 valence electrons. The van der Waals surface area contributed by atoms with Crippen LogP contribution in [0, 0.1) is 5.82 Å². The minimum absolute atomic E-state index is 0.159. The third-order valence-corrected chi connectivity index (χ3v) is 3.76. The number of nitrogens with one attached hydrogen (secondary N) is 1. The van der Waals surface area contributed by atoms with E-state index in [0.717, 1.165) is 25.2 Å². The highest BCUT2D eigenvalue weighted by Gasteiger charge is 2.28. The number of carbonyl (C=O) groups is 1. The molecule has 0 bridgehead atoms. The summed E-state index contributed by atoms with van der Waals surface area (Å²) in [5.74, 6) is -0.457. The van der Waals surface area contributed by atoms with E-state index >= 15 is 0 Å². The Balaban J connectivity index is 1.79. The van der Waals surface area contributed by atoms with E-state index in [-0.39, 0.29) is 11.7 Å². The lowest BCUT2D eigenvalue weighted by atomic mass is 10.0. The average Bonchev–Trinajstić information content (AvgIpc) is 3.02. The molecule has 0 fully saturated rings. The molecule has 1 amide bonds. The van der Waals surface area contributed by atoms with Crippen molar-refractivity contribution in [2.75, 3.05) is 26.2 Å². The molecule has 0 radical (unpaired) electrons. The standard InChI is InChI=1S/C16H22FN3O2/c1-3-20(4-2)10-9-18-16(21)15-11-14(19-22-15)12-5-7-13(17)8-6-12/h5-8,15H,3-4,9-11H2,1-2H3,(H,18,21). The van der Waals surface area contributed by atoms with E-state index in [9.17, 15) is 9.18 Å². The van der Waals surface area contributed by atoms with Gasteiger partial charge in [-0.05, 0) is 30.8 Å². The summed E-state index contributed by atoms with van der Waals surface area (Å²) in [6.45, 7) is 7.51. The smallest absolute Gasteiger partial charge is 0.264 e. The molecular weight excluding hydrogens is 285 g/mol. The van der Waals surface area contributed by atoms with Crippen LogP contribution in [-0.4, -0.2) is 48.8 Å². The van der Waals surface area contributed by atoms with Crippen molar-refractivity contribution < 1.29 is 14.0 Å². The summed E-state index contributed by atoms with van der Waals surface area (Å²) in [5, 5.41) is 6.80. The van der Waals surface area contributed by atoms with Crippen LogP contribution in [0.25, 0.3) is 0 Å². The molecule has 5 nitrogen and oxygen atoms in total. The summed E-state index contributed by atoms with van der Waals surface area (Å²) < 4.78 is 12.9. The minimum atomic E-state index is -0.600. The van der Waals surface area contributed by atoms with Crippen molar-refractivity contribution in [3.8, 4) is 0 Å². The molecule has 1 atom stereocenters. The van der Waals surface area contributed by atoms with Crippen molar-refractivity contribution in [2.45, 2.75) is 26.4 Å². The summed E-state index contributed by atoms with van der Waals surface area (Å²) in [5.41, 5.74) is 1.45. The average molecular weight is 307 g/mol. The van der Waals surface area contributed by atoms with Gasteiger partial charge >= 0.3 is 0 Å². The van der Waals surface area contributed by atoms with Crippen LogP contribution in [0.1, 0.15) is 25.8 Å². The van der Waals surface area contributed by atoms with Crippen LogP contribution in [0.2, 0.25) is 0 Å². The lowest BCUT2D eigenvalue weighted by Crippen LogP contribution is -2.39. The molecule has 6 heteroatoms. The van der Waals surface area contributed by atoms with E-state index in [2.05, 4.69) is 29.2 Å². The summed E-state index contributed by atoms with van der Waals surface area (Å²) >= 11 is 0. The summed E-state index contributed by atoms with van der Waals surface area (Å²) in [7, 11) is 0. The SMILES string of the molecule is CCN(CC)CCNC(=O)C1CC(c2ccc(F)cc2)=NO1. The second-order valence-corrected chi connectivity index (χ2v) is 5.16. The number of rotatable bonds is 7. The first kappa shape index (κ1) is 16.4. The van der Waals surface area contributed by atoms with Crippen LogP contribution in [-0.2, 0) is 9.63 Å². The number of carbonyl (C=O) groups excluding carboxylic acids is 1. The summed E-state index contributed by atoms with van der Waals surface area (Å²) in [6.07, 6.45) is -0.195. The molecule has 1 aromatic rings. The van der Waals surface area contributed by atoms with Crippen LogP contribution < -0.4 is 5.32 Å². The quantitative estimate of drug-likeness (QED) is 0.835. The third kappa shape index (κ3) is 4.27. The summed E-state index contributed by atoms with van der Waals surface area (Å²) in [6, 6.07) is 6.01. The molecule has 1 heterocycles. The first-order chi connectivity index (χ1) is 10.6. The Morgan fingerprint density at radius 2 is 2.05 bits per heavy atom. The molecule has 1 aliphatic heterocycles. The molecule has 0 aromatic heterocycles. The normalized spacial score (nSPS) is 17.3. The molecule has 0 aliphatic carbocycles. The Morgan fingerprint density at radius 3 is 2.68 bits per heavy atom. The van der Waals surface area contributed by atoms with Crippen LogP contribution in [0.4, 0.5) is 4.39 Å². The predicted octanol–water partition coefficient (Wildman–Crippen LogP) is 1.78. The number of oxime groups is 1. The van der Waals surface area contributed by atoms with Gasteiger partial charge in [0.2, 0.25) is 6.10 Å². The zero-order valence-corrected chi connectivity index (χ0v) is 13.0. The second-order valence-electron chi connectivity index (χ2n) is 5.16. The Morgan fingerprint density at radius 1 is 1.36 bits per heavy atom. The zero-order chi connectivity index (χ0) is 15.9. The first-order valence-corrected chi connectivity index (χ1v) is 7.62. The largest absolute Gasteiger partial charge is 0.382 e. The maximum absolute atomic E-state index is 12.9. The van der Waals surface area contributed by atoms with E-state index < -0.39 is 6.10 Å². The molecule has 22 heavy (non-hydrogen) atoms. The number of hydrogen-bond acceptors (Lipinski definition) is 4. The van der Waals surface area contributed by atoms with E-state index in [1.807, 2.05) is 0 Å². The van der Waals surface area contributed by atoms with Gasteiger partial charge in [-0.3, -0.25) is 4.79 Å². The maximum Gasteiger partial charge on any atom is 0.264 e. The van der Waals surface area contributed by atoms with Gasteiger partial charge in [0.15, 0.2) is 0 Å². The van der Waals surface area contributed by atoms with Gasteiger partial charge in [0.25, 0.3) is 5.91 Å². The Kier molecular flexibility index (Phi) is 5.89. The number of likely N-dealkylation sites (N-methyl/N-ethyl adjacent to an activating group) is 1. The van der Waals surface area contributed by atoms with Crippen LogP contribution in [0.5, 0.6) is 0 Å². The lowest BCUT2D eigenvalue weighted by Gasteiger charge is -2.18. The van der Waals surface area contributed by atoms with Gasteiger partial charge in [0, 0.05) is 19.5 Å². The van der Waals surface area contributed by atoms with E-state index in [4.69, 9.17) is 4.84 Å². The molecule has 1 aliphatic rings. The Labute approximate surface area is 130 Å². The van der Waals surface area contributed by atoms with Crippen molar-refractivity contribution in [3.05, 3.63) is 35.6 Å². The predicted molar refractivity (Wildman–Crippen MR) is 83.2 cm³/mol. The fourth-order valence-electron chi connectivity index (χ4n) is 2.32. The topological polar surface area (TPSA) is 53.9 Å². The molecule has 2 rings (SSSR count). The number of halogens is 1. The highest BCUT2D eigenvalue weighted by molar-refractivity contribution is 6.04. The van der Waals surface area contributed by atoms with Gasteiger partial charge in [-0.15, -0.1) is 0 Å². The van der Waals surface area contributed by atoms with Gasteiger partial charge < -0.3 is 15.1 Å². The molecule has 1 aromatic carbocycles. The number of benzene rings is 1. The fourth-order valence-corrected chi connectivity index (χ4v) is 2.32. The lowest BCUT2D eigenvalue weighted by molar-refractivity contribution is -0.131. The van der Waals surface area contributed by atoms with E-state index in [1.54, 1.807) is 12.1 Å².